The Labute approximate surface area is 121 Å². The van der Waals surface area contributed by atoms with Crippen LogP contribution in [0.5, 0.6) is 5.75 Å². The molecule has 0 aromatic heterocycles. The summed E-state index contributed by atoms with van der Waals surface area (Å²) in [6.45, 7) is 0. The van der Waals surface area contributed by atoms with Crippen LogP contribution in [-0.4, -0.2) is 30.3 Å². The maximum Gasteiger partial charge on any atom is 0.319 e. The summed E-state index contributed by atoms with van der Waals surface area (Å²) in [5.41, 5.74) is -0.0169. The van der Waals surface area contributed by atoms with Crippen molar-refractivity contribution < 1.29 is 23.8 Å². The number of carbonyl (C=O) groups is 2. The van der Waals surface area contributed by atoms with Gasteiger partial charge in [0.1, 0.15) is 11.6 Å². The molecular weight excluding hydrogens is 279 g/mol. The predicted molar refractivity (Wildman–Crippen MR) is 73.9 cm³/mol. The Morgan fingerprint density at radius 2 is 2.14 bits per heavy atom. The number of benzene rings is 1. The maximum absolute atomic E-state index is 13.6. The van der Waals surface area contributed by atoms with Crippen molar-refractivity contribution in [3.8, 4) is 5.75 Å². The van der Waals surface area contributed by atoms with Crippen LogP contribution in [0, 0.1) is 11.7 Å². The third-order valence-electron chi connectivity index (χ3n) is 3.57. The quantitative estimate of drug-likeness (QED) is 0.795. The molecule has 2 unspecified atom stereocenters. The van der Waals surface area contributed by atoms with Crippen molar-refractivity contribution in [1.82, 2.24) is 5.32 Å². The van der Waals surface area contributed by atoms with Crippen molar-refractivity contribution >= 4 is 17.7 Å². The average Bonchev–Trinajstić information content (AvgIpc) is 2.89. The lowest BCUT2D eigenvalue weighted by Crippen LogP contribution is -2.42. The van der Waals surface area contributed by atoms with Crippen LogP contribution in [0.25, 0.3) is 0 Å². The summed E-state index contributed by atoms with van der Waals surface area (Å²) in [5.74, 6) is -1.69. The van der Waals surface area contributed by atoms with Gasteiger partial charge in [-0.1, -0.05) is 6.42 Å². The highest BCUT2D eigenvalue weighted by Crippen LogP contribution is 2.26. The van der Waals surface area contributed by atoms with Gasteiger partial charge in [0, 0.05) is 12.1 Å². The van der Waals surface area contributed by atoms with Crippen molar-refractivity contribution in [3.63, 3.8) is 0 Å². The lowest BCUT2D eigenvalue weighted by atomic mass is 10.0. The molecule has 1 aromatic rings. The average molecular weight is 296 g/mol. The number of carboxylic acid groups (broad SMARTS) is 1. The van der Waals surface area contributed by atoms with E-state index in [0.29, 0.717) is 18.6 Å². The zero-order valence-corrected chi connectivity index (χ0v) is 11.6. The number of hydrogen-bond donors (Lipinski definition) is 3. The number of carboxylic acids is 1. The Hall–Kier alpha value is -2.31. The number of amides is 2. The largest absolute Gasteiger partial charge is 0.497 e. The molecule has 1 fully saturated rings. The van der Waals surface area contributed by atoms with Crippen molar-refractivity contribution in [3.05, 3.63) is 24.0 Å². The summed E-state index contributed by atoms with van der Waals surface area (Å²) in [5, 5.41) is 14.0. The monoisotopic (exact) mass is 296 g/mol. The standard InChI is InChI=1S/C14H17FN2O4/c1-21-8-5-6-10(15)12(7-8)17-14(20)16-11-4-2-3-9(11)13(18)19/h5-7,9,11H,2-4H2,1H3,(H,18,19)(H2,16,17,20). The normalized spacial score (nSPS) is 20.9. The van der Waals surface area contributed by atoms with E-state index in [2.05, 4.69) is 10.6 Å². The van der Waals surface area contributed by atoms with Gasteiger partial charge in [-0.3, -0.25) is 4.79 Å². The SMILES string of the molecule is COc1ccc(F)c(NC(=O)NC2CCCC2C(=O)O)c1. The second-order valence-corrected chi connectivity index (χ2v) is 4.93. The van der Waals surface area contributed by atoms with Gasteiger partial charge < -0.3 is 20.5 Å². The number of rotatable bonds is 4. The van der Waals surface area contributed by atoms with E-state index in [0.717, 1.165) is 6.42 Å². The number of carbonyl (C=O) groups excluding carboxylic acids is 1. The van der Waals surface area contributed by atoms with Gasteiger partial charge >= 0.3 is 12.0 Å². The molecule has 2 atom stereocenters. The lowest BCUT2D eigenvalue weighted by molar-refractivity contribution is -0.142. The first-order valence-corrected chi connectivity index (χ1v) is 6.65. The third-order valence-corrected chi connectivity index (χ3v) is 3.57. The van der Waals surface area contributed by atoms with Crippen LogP contribution in [0.15, 0.2) is 18.2 Å². The van der Waals surface area contributed by atoms with Crippen molar-refractivity contribution in [2.24, 2.45) is 5.92 Å². The molecule has 2 amide bonds. The molecule has 114 valence electrons. The highest BCUT2D eigenvalue weighted by atomic mass is 19.1. The first kappa shape index (κ1) is 15.1. The number of halogens is 1. The highest BCUT2D eigenvalue weighted by Gasteiger charge is 2.33. The van der Waals surface area contributed by atoms with Crippen molar-refractivity contribution in [2.45, 2.75) is 25.3 Å². The molecule has 0 saturated heterocycles. The fraction of sp³-hybridized carbons (Fsp3) is 0.429. The van der Waals surface area contributed by atoms with Crippen LogP contribution >= 0.6 is 0 Å². The minimum Gasteiger partial charge on any atom is -0.497 e. The van der Waals surface area contributed by atoms with E-state index in [1.54, 1.807) is 0 Å². The van der Waals surface area contributed by atoms with Crippen LogP contribution in [-0.2, 0) is 4.79 Å². The fourth-order valence-electron chi connectivity index (χ4n) is 2.48. The Morgan fingerprint density at radius 1 is 1.38 bits per heavy atom. The van der Waals surface area contributed by atoms with E-state index in [1.807, 2.05) is 0 Å². The van der Waals surface area contributed by atoms with Crippen LogP contribution in [0.4, 0.5) is 14.9 Å². The summed E-state index contributed by atoms with van der Waals surface area (Å²) in [6.07, 6.45) is 1.88. The minimum atomic E-state index is -0.926. The molecule has 21 heavy (non-hydrogen) atoms. The van der Waals surface area contributed by atoms with Crippen molar-refractivity contribution in [2.75, 3.05) is 12.4 Å². The van der Waals surface area contributed by atoms with Crippen LogP contribution in [0.3, 0.4) is 0 Å². The minimum absolute atomic E-state index is 0.0169. The molecule has 0 radical (unpaired) electrons. The molecule has 1 aliphatic carbocycles. The van der Waals surface area contributed by atoms with Gasteiger partial charge in [-0.2, -0.15) is 0 Å². The molecule has 7 heteroatoms. The number of urea groups is 1. The fourth-order valence-corrected chi connectivity index (χ4v) is 2.48. The Balaban J connectivity index is 2.00. The molecule has 1 saturated carbocycles. The van der Waals surface area contributed by atoms with Gasteiger partial charge in [0.2, 0.25) is 0 Å². The van der Waals surface area contributed by atoms with Crippen molar-refractivity contribution in [1.29, 1.82) is 0 Å². The number of anilines is 1. The maximum atomic E-state index is 13.6. The molecular formula is C14H17FN2O4. The first-order chi connectivity index (χ1) is 10.0. The highest BCUT2D eigenvalue weighted by molar-refractivity contribution is 5.90. The lowest BCUT2D eigenvalue weighted by Gasteiger charge is -2.18. The molecule has 1 aliphatic rings. The summed E-state index contributed by atoms with van der Waals surface area (Å²) in [6, 6.07) is 2.93. The number of nitrogens with one attached hydrogen (secondary N) is 2. The Kier molecular flexibility index (Phi) is 4.62. The van der Waals surface area contributed by atoms with E-state index < -0.39 is 29.8 Å². The van der Waals surface area contributed by atoms with E-state index >= 15 is 0 Å². The third kappa shape index (κ3) is 3.62. The zero-order valence-electron chi connectivity index (χ0n) is 11.6. The van der Waals surface area contributed by atoms with E-state index in [-0.39, 0.29) is 5.69 Å². The van der Waals surface area contributed by atoms with Gasteiger partial charge in [0.05, 0.1) is 18.7 Å². The van der Waals surface area contributed by atoms with E-state index in [1.165, 1.54) is 25.3 Å². The molecule has 2 rings (SSSR count). The van der Waals surface area contributed by atoms with Crippen LogP contribution < -0.4 is 15.4 Å². The molecule has 6 nitrogen and oxygen atoms in total. The second kappa shape index (κ2) is 6.43. The second-order valence-electron chi connectivity index (χ2n) is 4.93. The predicted octanol–water partition coefficient (Wildman–Crippen LogP) is 2.21. The zero-order chi connectivity index (χ0) is 15.4. The van der Waals surface area contributed by atoms with Crippen LogP contribution in [0.2, 0.25) is 0 Å². The molecule has 0 heterocycles. The van der Waals surface area contributed by atoms with Gasteiger partial charge in [0.25, 0.3) is 0 Å². The number of ether oxygens (including phenoxy) is 1. The molecule has 1 aromatic carbocycles. The van der Waals surface area contributed by atoms with Gasteiger partial charge in [0.15, 0.2) is 0 Å². The molecule has 3 N–H and O–H groups in total. The molecule has 0 spiro atoms. The molecule has 0 bridgehead atoms. The van der Waals surface area contributed by atoms with Gasteiger partial charge in [-0.15, -0.1) is 0 Å². The van der Waals surface area contributed by atoms with E-state index in [4.69, 9.17) is 9.84 Å². The number of aliphatic carboxylic acids is 1. The molecule has 0 aliphatic heterocycles. The van der Waals surface area contributed by atoms with Gasteiger partial charge in [-0.05, 0) is 25.0 Å². The Bertz CT molecular complexity index is 550. The summed E-state index contributed by atoms with van der Waals surface area (Å²) in [7, 11) is 1.44. The summed E-state index contributed by atoms with van der Waals surface area (Å²) >= 11 is 0. The van der Waals surface area contributed by atoms with Crippen LogP contribution in [0.1, 0.15) is 19.3 Å². The summed E-state index contributed by atoms with van der Waals surface area (Å²) < 4.78 is 18.5. The smallest absolute Gasteiger partial charge is 0.319 e. The number of methoxy groups -OCH3 is 1. The first-order valence-electron chi connectivity index (χ1n) is 6.65. The Morgan fingerprint density at radius 3 is 2.81 bits per heavy atom. The van der Waals surface area contributed by atoms with E-state index in [9.17, 15) is 14.0 Å². The summed E-state index contributed by atoms with van der Waals surface area (Å²) in [4.78, 5) is 22.9. The topological polar surface area (TPSA) is 87.7 Å². The number of hydrogen-bond acceptors (Lipinski definition) is 3. The van der Waals surface area contributed by atoms with Gasteiger partial charge in [-0.25, -0.2) is 9.18 Å².